The first-order chi connectivity index (χ1) is 23.1. The summed E-state index contributed by atoms with van der Waals surface area (Å²) in [5, 5.41) is 13.2. The van der Waals surface area contributed by atoms with Gasteiger partial charge in [0.1, 0.15) is 17.6 Å². The normalized spacial score (nSPS) is 18.6. The average Bonchev–Trinajstić information content (AvgIpc) is 3.58. The number of carbonyl (C=O) groups is 3. The van der Waals surface area contributed by atoms with Gasteiger partial charge < -0.3 is 39.2 Å². The molecular formula is C32H39N6O9P. The van der Waals surface area contributed by atoms with E-state index >= 15 is 0 Å². The van der Waals surface area contributed by atoms with Crippen LogP contribution in [0, 0.1) is 0 Å². The lowest BCUT2D eigenvalue weighted by Crippen LogP contribution is -2.55. The van der Waals surface area contributed by atoms with Crippen LogP contribution in [0.15, 0.2) is 60.7 Å². The maximum absolute atomic E-state index is 13.9. The highest BCUT2D eigenvalue weighted by Crippen LogP contribution is 2.40. The Kier molecular flexibility index (Phi) is 11.4. The van der Waals surface area contributed by atoms with Crippen LogP contribution in [0.2, 0.25) is 0 Å². The fourth-order valence-electron chi connectivity index (χ4n) is 5.63. The molecule has 0 bridgehead atoms. The summed E-state index contributed by atoms with van der Waals surface area (Å²) in [5.41, 5.74) is 1.42. The van der Waals surface area contributed by atoms with E-state index in [1.807, 2.05) is 35.2 Å². The third kappa shape index (κ3) is 8.74. The lowest BCUT2D eigenvalue weighted by molar-refractivity contribution is -0.154. The second-order valence-electron chi connectivity index (χ2n) is 11.3. The monoisotopic (exact) mass is 682 g/mol. The number of amides is 2. The number of nitrogens with zero attached hydrogens (tertiary/aromatic N) is 5. The number of methoxy groups -OCH3 is 1. The molecule has 0 saturated carbocycles. The number of piperazine rings is 1. The lowest BCUT2D eigenvalue weighted by Gasteiger charge is -2.34. The zero-order chi connectivity index (χ0) is 34.3. The van der Waals surface area contributed by atoms with E-state index < -0.39 is 25.7 Å². The number of benzene rings is 2. The molecule has 3 heterocycles. The van der Waals surface area contributed by atoms with Crippen LogP contribution in [-0.2, 0) is 29.9 Å². The number of aromatic nitrogens is 2. The molecule has 1 aromatic heterocycles. The quantitative estimate of drug-likeness (QED) is 0.237. The average molecular weight is 683 g/mol. The highest BCUT2D eigenvalue weighted by atomic mass is 31.2. The number of rotatable bonds is 12. The maximum Gasteiger partial charge on any atom is 0.525 e. The van der Waals surface area contributed by atoms with Crippen LogP contribution in [0.3, 0.4) is 0 Å². The number of carbonyl (C=O) groups excluding carboxylic acids is 2. The summed E-state index contributed by atoms with van der Waals surface area (Å²) in [5.74, 6) is -0.0545. The molecule has 5 rings (SSSR count). The third-order valence-corrected chi connectivity index (χ3v) is 9.71. The van der Waals surface area contributed by atoms with Gasteiger partial charge in [-0.1, -0.05) is 42.5 Å². The van der Waals surface area contributed by atoms with Crippen molar-refractivity contribution in [1.82, 2.24) is 25.2 Å². The van der Waals surface area contributed by atoms with E-state index in [1.165, 1.54) is 22.1 Å². The molecule has 2 aliphatic heterocycles. The maximum atomic E-state index is 13.9. The van der Waals surface area contributed by atoms with Crippen molar-refractivity contribution in [2.75, 3.05) is 57.9 Å². The van der Waals surface area contributed by atoms with E-state index in [0.29, 0.717) is 30.3 Å². The summed E-state index contributed by atoms with van der Waals surface area (Å²) in [7, 11) is -2.34. The minimum atomic E-state index is -4.00. The predicted octanol–water partition coefficient (Wildman–Crippen LogP) is 2.31. The van der Waals surface area contributed by atoms with Crippen molar-refractivity contribution >= 4 is 36.7 Å². The van der Waals surface area contributed by atoms with Crippen molar-refractivity contribution in [2.24, 2.45) is 0 Å². The summed E-state index contributed by atoms with van der Waals surface area (Å²) in [6.07, 6.45) is -0.544. The Morgan fingerprint density at radius 1 is 1.02 bits per heavy atom. The van der Waals surface area contributed by atoms with E-state index in [4.69, 9.17) is 24.2 Å². The zero-order valence-corrected chi connectivity index (χ0v) is 27.6. The van der Waals surface area contributed by atoms with Crippen LogP contribution >= 0.6 is 7.60 Å². The molecule has 2 aliphatic rings. The largest absolute Gasteiger partial charge is 0.525 e. The minimum absolute atomic E-state index is 0.0282. The number of anilines is 1. The molecular weight excluding hydrogens is 643 g/mol. The summed E-state index contributed by atoms with van der Waals surface area (Å²) in [6.45, 7) is 3.62. The smallest absolute Gasteiger partial charge is 0.448 e. The highest BCUT2D eigenvalue weighted by Gasteiger charge is 2.32. The van der Waals surface area contributed by atoms with Crippen molar-refractivity contribution in [3.05, 3.63) is 71.9 Å². The Labute approximate surface area is 277 Å². The molecule has 2 aromatic carbocycles. The fourth-order valence-corrected chi connectivity index (χ4v) is 6.65. The van der Waals surface area contributed by atoms with Gasteiger partial charge in [0.15, 0.2) is 5.82 Å². The molecule has 256 valence electrons. The molecule has 48 heavy (non-hydrogen) atoms. The molecule has 0 aliphatic carbocycles. The Bertz CT molecular complexity index is 1640. The molecule has 0 spiro atoms. The van der Waals surface area contributed by atoms with Gasteiger partial charge >= 0.3 is 13.8 Å². The Morgan fingerprint density at radius 3 is 2.35 bits per heavy atom. The number of nitrogens with one attached hydrogen (secondary N) is 1. The molecule has 2 amide bonds. The topological polar surface area (TPSA) is 184 Å². The van der Waals surface area contributed by atoms with Gasteiger partial charge in [-0.2, -0.15) is 0 Å². The van der Waals surface area contributed by atoms with Crippen molar-refractivity contribution in [3.63, 3.8) is 0 Å². The molecule has 2 fully saturated rings. The van der Waals surface area contributed by atoms with E-state index in [0.717, 1.165) is 12.0 Å². The molecule has 2 saturated heterocycles. The summed E-state index contributed by atoms with van der Waals surface area (Å²) in [6, 6.07) is 16.0. The Morgan fingerprint density at radius 2 is 1.73 bits per heavy atom. The van der Waals surface area contributed by atoms with Gasteiger partial charge in [-0.3, -0.25) is 14.2 Å². The van der Waals surface area contributed by atoms with Gasteiger partial charge in [0, 0.05) is 51.3 Å². The van der Waals surface area contributed by atoms with E-state index in [1.54, 1.807) is 32.2 Å². The fraction of sp³-hybridized carbons (Fsp3) is 0.406. The first kappa shape index (κ1) is 34.9. The number of ether oxygens (including phenoxy) is 1. The molecule has 1 unspecified atom stereocenters. The van der Waals surface area contributed by atoms with Crippen LogP contribution in [0.1, 0.15) is 29.4 Å². The zero-order valence-electron chi connectivity index (χ0n) is 26.7. The summed E-state index contributed by atoms with van der Waals surface area (Å²) >= 11 is 0. The van der Waals surface area contributed by atoms with Crippen LogP contribution < -0.4 is 15.5 Å². The number of hydroxylamine groups is 2. The van der Waals surface area contributed by atoms with E-state index in [9.17, 15) is 23.8 Å². The Hall–Kier alpha value is -4.40. The van der Waals surface area contributed by atoms with Crippen molar-refractivity contribution in [2.45, 2.75) is 31.9 Å². The standard InChI is InChI=1S/C32H39N6O9P/c1-3-46-48(43,44)25-11-9-22(10-12-25)19-27(31(40)36-15-17-38(18-16-36)47-32(41)42)34-30(39)26-20-28(37-14-13-24(21-37)45-2)35-29(33-26)23-7-5-4-6-8-23/h4-12,20,24,27H,3,13-19,21H2,1-2H3,(H,34,39)(H,41,42)(H,43,44)/t24-,27-/m0/s1. The van der Waals surface area contributed by atoms with Gasteiger partial charge in [-0.15, -0.1) is 5.06 Å². The number of hydrogen-bond donors (Lipinski definition) is 3. The van der Waals surface area contributed by atoms with E-state index in [-0.39, 0.29) is 62.2 Å². The van der Waals surface area contributed by atoms with E-state index in [2.05, 4.69) is 10.3 Å². The summed E-state index contributed by atoms with van der Waals surface area (Å²) in [4.78, 5) is 66.7. The molecule has 0 radical (unpaired) electrons. The van der Waals surface area contributed by atoms with Gasteiger partial charge in [0.05, 0.1) is 31.1 Å². The third-order valence-electron chi connectivity index (χ3n) is 8.15. The van der Waals surface area contributed by atoms with Gasteiger partial charge in [0.2, 0.25) is 5.91 Å². The molecule has 3 N–H and O–H groups in total. The SMILES string of the molecule is CCOP(=O)(O)c1ccc(C[C@H](NC(=O)c2cc(N3CC[C@H](OC)C3)nc(-c3ccccc3)n2)C(=O)N2CCN(OC(=O)O)CC2)cc1. The second kappa shape index (κ2) is 15.7. The van der Waals surface area contributed by atoms with Crippen LogP contribution in [0.4, 0.5) is 10.6 Å². The number of hydrogen-bond acceptors (Lipinski definition) is 11. The van der Waals surface area contributed by atoms with Crippen molar-refractivity contribution in [3.8, 4) is 11.4 Å². The van der Waals surface area contributed by atoms with Crippen molar-refractivity contribution in [1.29, 1.82) is 0 Å². The molecule has 3 atom stereocenters. The molecule has 3 aromatic rings. The summed E-state index contributed by atoms with van der Waals surface area (Å²) < 4.78 is 23.0. The first-order valence-electron chi connectivity index (χ1n) is 15.6. The first-order valence-corrected chi connectivity index (χ1v) is 17.2. The van der Waals surface area contributed by atoms with Crippen LogP contribution in [0.5, 0.6) is 0 Å². The molecule has 15 nitrogen and oxygen atoms in total. The molecule has 16 heteroatoms. The lowest BCUT2D eigenvalue weighted by atomic mass is 10.0. The minimum Gasteiger partial charge on any atom is -0.448 e. The van der Waals surface area contributed by atoms with Gasteiger partial charge in [-0.05, 0) is 31.0 Å². The van der Waals surface area contributed by atoms with Gasteiger partial charge in [0.25, 0.3) is 5.91 Å². The highest BCUT2D eigenvalue weighted by molar-refractivity contribution is 7.61. The Balaban J connectivity index is 1.42. The van der Waals surface area contributed by atoms with Gasteiger partial charge in [-0.25, -0.2) is 14.8 Å². The van der Waals surface area contributed by atoms with Crippen molar-refractivity contribution < 1.29 is 43.0 Å². The van der Waals surface area contributed by atoms with Crippen LogP contribution in [-0.4, -0.2) is 113 Å². The predicted molar refractivity (Wildman–Crippen MR) is 175 cm³/mol. The number of carboxylic acid groups (broad SMARTS) is 1. The second-order valence-corrected chi connectivity index (χ2v) is 13.2. The van der Waals surface area contributed by atoms with Crippen LogP contribution in [0.25, 0.3) is 11.4 Å².